The topological polar surface area (TPSA) is 21.3 Å². The van der Waals surface area contributed by atoms with Gasteiger partial charge in [-0.2, -0.15) is 0 Å². The highest BCUT2D eigenvalue weighted by molar-refractivity contribution is 5.49. The highest BCUT2D eigenvalue weighted by Crippen LogP contribution is 2.23. The van der Waals surface area contributed by atoms with Gasteiger partial charge in [0.1, 0.15) is 17.4 Å². The van der Waals surface area contributed by atoms with Crippen molar-refractivity contribution in [3.05, 3.63) is 59.7 Å². The van der Waals surface area contributed by atoms with Crippen LogP contribution in [0, 0.1) is 11.6 Å². The van der Waals surface area contributed by atoms with E-state index in [0.29, 0.717) is 12.2 Å². The van der Waals surface area contributed by atoms with Crippen LogP contribution in [0.15, 0.2) is 42.5 Å². The van der Waals surface area contributed by atoms with Gasteiger partial charge in [0.25, 0.3) is 0 Å². The Morgan fingerprint density at radius 2 is 1.80 bits per heavy atom. The molecule has 2 aromatic carbocycles. The lowest BCUT2D eigenvalue weighted by molar-refractivity contribution is 0.340. The zero-order chi connectivity index (χ0) is 14.5. The van der Waals surface area contributed by atoms with Crippen LogP contribution in [0.1, 0.15) is 25.5 Å². The first kappa shape index (κ1) is 14.3. The molecule has 2 nitrogen and oxygen atoms in total. The minimum absolute atomic E-state index is 0.211. The van der Waals surface area contributed by atoms with Crippen LogP contribution in [-0.2, 0) is 0 Å². The molecule has 0 aliphatic carbocycles. The smallest absolute Gasteiger partial charge is 0.126 e. The molecule has 2 rings (SSSR count). The molecule has 0 aromatic heterocycles. The van der Waals surface area contributed by atoms with Crippen LogP contribution in [0.2, 0.25) is 0 Å². The summed E-state index contributed by atoms with van der Waals surface area (Å²) in [6.07, 6.45) is 0. The molecule has 0 saturated heterocycles. The van der Waals surface area contributed by atoms with Crippen LogP contribution < -0.4 is 10.1 Å². The van der Waals surface area contributed by atoms with E-state index in [-0.39, 0.29) is 6.04 Å². The van der Waals surface area contributed by atoms with Gasteiger partial charge in [-0.1, -0.05) is 6.07 Å². The lowest BCUT2D eigenvalue weighted by Crippen LogP contribution is -2.07. The maximum Gasteiger partial charge on any atom is 0.126 e. The van der Waals surface area contributed by atoms with Gasteiger partial charge in [-0.3, -0.25) is 0 Å². The highest BCUT2D eigenvalue weighted by atomic mass is 19.1. The summed E-state index contributed by atoms with van der Waals surface area (Å²) in [7, 11) is 0. The van der Waals surface area contributed by atoms with Gasteiger partial charge in [0.05, 0.1) is 6.61 Å². The van der Waals surface area contributed by atoms with E-state index >= 15 is 0 Å². The second kappa shape index (κ2) is 6.37. The molecule has 4 heteroatoms. The van der Waals surface area contributed by atoms with E-state index in [2.05, 4.69) is 5.32 Å². The Balaban J connectivity index is 2.14. The third-order valence-corrected chi connectivity index (χ3v) is 2.91. The number of halogens is 2. The minimum atomic E-state index is -0.572. The number of rotatable bonds is 5. The van der Waals surface area contributed by atoms with E-state index in [1.54, 1.807) is 0 Å². The Morgan fingerprint density at radius 3 is 2.45 bits per heavy atom. The molecule has 106 valence electrons. The number of hydrogen-bond acceptors (Lipinski definition) is 2. The van der Waals surface area contributed by atoms with Gasteiger partial charge in [-0.25, -0.2) is 8.78 Å². The van der Waals surface area contributed by atoms with Crippen molar-refractivity contribution < 1.29 is 13.5 Å². The molecule has 1 unspecified atom stereocenters. The van der Waals surface area contributed by atoms with Crippen molar-refractivity contribution in [3.8, 4) is 5.75 Å². The summed E-state index contributed by atoms with van der Waals surface area (Å²) in [5.41, 5.74) is 1.40. The largest absolute Gasteiger partial charge is 0.494 e. The predicted octanol–water partition coefficient (Wildman–Crippen LogP) is 4.54. The Bertz CT molecular complexity index is 566. The molecule has 0 aliphatic rings. The van der Waals surface area contributed by atoms with E-state index in [4.69, 9.17) is 4.74 Å². The quantitative estimate of drug-likeness (QED) is 0.866. The van der Waals surface area contributed by atoms with Crippen molar-refractivity contribution in [1.82, 2.24) is 0 Å². The summed E-state index contributed by atoms with van der Waals surface area (Å²) >= 11 is 0. The molecule has 0 amide bonds. The molecular weight excluding hydrogens is 260 g/mol. The molecule has 0 fully saturated rings. The summed E-state index contributed by atoms with van der Waals surface area (Å²) in [4.78, 5) is 0. The predicted molar refractivity (Wildman–Crippen MR) is 76.0 cm³/mol. The Morgan fingerprint density at radius 1 is 1.10 bits per heavy atom. The van der Waals surface area contributed by atoms with Crippen LogP contribution in [0.3, 0.4) is 0 Å². The van der Waals surface area contributed by atoms with Crippen molar-refractivity contribution in [1.29, 1.82) is 0 Å². The van der Waals surface area contributed by atoms with Gasteiger partial charge < -0.3 is 10.1 Å². The minimum Gasteiger partial charge on any atom is -0.494 e. The van der Waals surface area contributed by atoms with Crippen LogP contribution in [-0.4, -0.2) is 6.61 Å². The summed E-state index contributed by atoms with van der Waals surface area (Å²) in [6, 6.07) is 10.8. The molecule has 0 saturated carbocycles. The first-order chi connectivity index (χ1) is 9.58. The van der Waals surface area contributed by atoms with Gasteiger partial charge >= 0.3 is 0 Å². The fourth-order valence-corrected chi connectivity index (χ4v) is 2.00. The lowest BCUT2D eigenvalue weighted by Gasteiger charge is -2.16. The van der Waals surface area contributed by atoms with E-state index < -0.39 is 11.6 Å². The van der Waals surface area contributed by atoms with E-state index in [9.17, 15) is 8.78 Å². The number of anilines is 1. The SMILES string of the molecule is CCOc1cccc(NC(C)c2cc(F)cc(F)c2)c1. The maximum absolute atomic E-state index is 13.2. The lowest BCUT2D eigenvalue weighted by atomic mass is 10.1. The fraction of sp³-hybridized carbons (Fsp3) is 0.250. The summed E-state index contributed by atoms with van der Waals surface area (Å²) in [6.45, 7) is 4.36. The zero-order valence-electron chi connectivity index (χ0n) is 11.5. The highest BCUT2D eigenvalue weighted by Gasteiger charge is 2.09. The molecule has 0 radical (unpaired) electrons. The van der Waals surface area contributed by atoms with E-state index in [1.165, 1.54) is 12.1 Å². The first-order valence-electron chi connectivity index (χ1n) is 6.54. The number of benzene rings is 2. The van der Waals surface area contributed by atoms with Crippen LogP contribution >= 0.6 is 0 Å². The summed E-state index contributed by atoms with van der Waals surface area (Å²) < 4.78 is 31.8. The molecule has 1 N–H and O–H groups in total. The number of nitrogens with one attached hydrogen (secondary N) is 1. The van der Waals surface area contributed by atoms with Gasteiger partial charge in [0.15, 0.2) is 0 Å². The molecule has 0 aliphatic heterocycles. The molecule has 0 spiro atoms. The normalized spacial score (nSPS) is 12.0. The third-order valence-electron chi connectivity index (χ3n) is 2.91. The molecular formula is C16H17F2NO. The number of ether oxygens (including phenoxy) is 1. The van der Waals surface area contributed by atoms with Crippen molar-refractivity contribution in [3.63, 3.8) is 0 Å². The Labute approximate surface area is 117 Å². The second-order valence-corrected chi connectivity index (χ2v) is 4.53. The third kappa shape index (κ3) is 3.70. The average Bonchev–Trinajstić information content (AvgIpc) is 2.38. The fourth-order valence-electron chi connectivity index (χ4n) is 2.00. The molecule has 20 heavy (non-hydrogen) atoms. The zero-order valence-corrected chi connectivity index (χ0v) is 11.5. The first-order valence-corrected chi connectivity index (χ1v) is 6.54. The van der Waals surface area contributed by atoms with Gasteiger partial charge in [0.2, 0.25) is 0 Å². The molecule has 0 bridgehead atoms. The average molecular weight is 277 g/mol. The Kier molecular flexibility index (Phi) is 4.56. The van der Waals surface area contributed by atoms with E-state index in [1.807, 2.05) is 38.1 Å². The van der Waals surface area contributed by atoms with Crippen molar-refractivity contribution in [2.75, 3.05) is 11.9 Å². The second-order valence-electron chi connectivity index (χ2n) is 4.53. The standard InChI is InChI=1S/C16H17F2NO/c1-3-20-16-6-4-5-15(10-16)19-11(2)12-7-13(17)9-14(18)8-12/h4-11,19H,3H2,1-2H3. The van der Waals surface area contributed by atoms with Crippen LogP contribution in [0.25, 0.3) is 0 Å². The Hall–Kier alpha value is -2.10. The molecule has 1 atom stereocenters. The number of hydrogen-bond donors (Lipinski definition) is 1. The van der Waals surface area contributed by atoms with Gasteiger partial charge in [-0.05, 0) is 43.7 Å². The molecule has 0 heterocycles. The maximum atomic E-state index is 13.2. The van der Waals surface area contributed by atoms with Crippen LogP contribution in [0.4, 0.5) is 14.5 Å². The van der Waals surface area contributed by atoms with E-state index in [0.717, 1.165) is 17.5 Å². The summed E-state index contributed by atoms with van der Waals surface area (Å²) in [5, 5.41) is 3.20. The molecule has 2 aromatic rings. The van der Waals surface area contributed by atoms with Gasteiger partial charge in [0, 0.05) is 23.9 Å². The van der Waals surface area contributed by atoms with Crippen molar-refractivity contribution in [2.45, 2.75) is 19.9 Å². The van der Waals surface area contributed by atoms with Crippen molar-refractivity contribution >= 4 is 5.69 Å². The summed E-state index contributed by atoms with van der Waals surface area (Å²) in [5.74, 6) is -0.386. The van der Waals surface area contributed by atoms with Gasteiger partial charge in [-0.15, -0.1) is 0 Å². The van der Waals surface area contributed by atoms with Crippen LogP contribution in [0.5, 0.6) is 5.75 Å². The monoisotopic (exact) mass is 277 g/mol. The van der Waals surface area contributed by atoms with Crippen molar-refractivity contribution in [2.24, 2.45) is 0 Å².